The third-order valence-electron chi connectivity index (χ3n) is 4.92. The maximum atomic E-state index is 12.6. The van der Waals surface area contributed by atoms with E-state index in [-0.39, 0.29) is 5.91 Å². The number of hydrogen-bond acceptors (Lipinski definition) is 5. The van der Waals surface area contributed by atoms with Crippen molar-refractivity contribution in [2.75, 3.05) is 13.1 Å². The molecule has 1 aliphatic rings. The Morgan fingerprint density at radius 3 is 2.54 bits per heavy atom. The summed E-state index contributed by atoms with van der Waals surface area (Å²) in [6.45, 7) is 5.33. The third-order valence-corrected chi connectivity index (χ3v) is 4.92. The van der Waals surface area contributed by atoms with Crippen LogP contribution in [-0.4, -0.2) is 40.1 Å². The molecule has 1 aromatic heterocycles. The summed E-state index contributed by atoms with van der Waals surface area (Å²) in [5.74, 6) is -1.79. The molecule has 2 atom stereocenters. The maximum Gasteiger partial charge on any atom is 0.308 e. The summed E-state index contributed by atoms with van der Waals surface area (Å²) in [6, 6.07) is 9.85. The summed E-state index contributed by atoms with van der Waals surface area (Å²) in [4.78, 5) is 26.3. The summed E-state index contributed by atoms with van der Waals surface area (Å²) >= 11 is 0. The first-order chi connectivity index (χ1) is 12.5. The molecule has 1 aromatic carbocycles. The smallest absolute Gasteiger partial charge is 0.308 e. The fraction of sp³-hybridized carbons (Fsp3) is 0.421. The van der Waals surface area contributed by atoms with Crippen LogP contribution in [0, 0.1) is 25.7 Å². The highest BCUT2D eigenvalue weighted by Crippen LogP contribution is 2.26. The summed E-state index contributed by atoms with van der Waals surface area (Å²) in [5.41, 5.74) is 2.67. The summed E-state index contributed by atoms with van der Waals surface area (Å²) in [6.07, 6.45) is 0. The number of nitrogens with one attached hydrogen (secondary N) is 1. The van der Waals surface area contributed by atoms with E-state index in [0.29, 0.717) is 31.9 Å². The number of carbonyl (C=O) groups is 2. The Labute approximate surface area is 152 Å². The van der Waals surface area contributed by atoms with Gasteiger partial charge in [-0.05, 0) is 19.4 Å². The molecule has 7 nitrogen and oxygen atoms in total. The number of benzene rings is 1. The summed E-state index contributed by atoms with van der Waals surface area (Å²) in [5, 5.41) is 16.2. The van der Waals surface area contributed by atoms with E-state index in [1.165, 1.54) is 0 Å². The molecular weight excluding hydrogens is 334 g/mol. The molecule has 26 heavy (non-hydrogen) atoms. The Morgan fingerprint density at radius 1 is 1.23 bits per heavy atom. The minimum atomic E-state index is -0.932. The fourth-order valence-electron chi connectivity index (χ4n) is 3.43. The van der Waals surface area contributed by atoms with E-state index in [0.717, 1.165) is 16.8 Å². The van der Waals surface area contributed by atoms with Crippen LogP contribution in [0.25, 0.3) is 0 Å². The van der Waals surface area contributed by atoms with Gasteiger partial charge in [-0.2, -0.15) is 0 Å². The van der Waals surface area contributed by atoms with Gasteiger partial charge in [-0.3, -0.25) is 14.5 Å². The Bertz CT molecular complexity index is 768. The lowest BCUT2D eigenvalue weighted by molar-refractivity contribution is -0.145. The fourth-order valence-corrected chi connectivity index (χ4v) is 3.43. The van der Waals surface area contributed by atoms with Gasteiger partial charge in [-0.25, -0.2) is 0 Å². The number of carboxylic acid groups (broad SMARTS) is 1. The van der Waals surface area contributed by atoms with Gasteiger partial charge in [-0.1, -0.05) is 35.5 Å². The average molecular weight is 357 g/mol. The minimum Gasteiger partial charge on any atom is -0.481 e. The van der Waals surface area contributed by atoms with Gasteiger partial charge in [0.1, 0.15) is 5.76 Å². The number of hydrogen-bond donors (Lipinski definition) is 2. The van der Waals surface area contributed by atoms with E-state index in [2.05, 4.69) is 10.5 Å². The van der Waals surface area contributed by atoms with Crippen LogP contribution >= 0.6 is 0 Å². The van der Waals surface area contributed by atoms with Gasteiger partial charge in [0.2, 0.25) is 5.91 Å². The molecule has 2 unspecified atom stereocenters. The number of aliphatic carboxylic acids is 1. The predicted octanol–water partition coefficient (Wildman–Crippen LogP) is 1.74. The van der Waals surface area contributed by atoms with Crippen molar-refractivity contribution < 1.29 is 19.2 Å². The Kier molecular flexibility index (Phi) is 5.37. The lowest BCUT2D eigenvalue weighted by Crippen LogP contribution is -2.37. The highest BCUT2D eigenvalue weighted by Gasteiger charge is 2.41. The lowest BCUT2D eigenvalue weighted by atomic mass is 9.95. The van der Waals surface area contributed by atoms with Gasteiger partial charge in [0, 0.05) is 31.7 Å². The van der Waals surface area contributed by atoms with Crippen LogP contribution in [0.4, 0.5) is 0 Å². The second-order valence-corrected chi connectivity index (χ2v) is 6.75. The molecule has 0 saturated carbocycles. The van der Waals surface area contributed by atoms with Gasteiger partial charge >= 0.3 is 5.97 Å². The van der Waals surface area contributed by atoms with Crippen molar-refractivity contribution in [3.63, 3.8) is 0 Å². The number of amides is 1. The molecular formula is C19H23N3O4. The molecule has 1 aliphatic heterocycles. The number of rotatable bonds is 6. The van der Waals surface area contributed by atoms with E-state index in [4.69, 9.17) is 4.52 Å². The number of aromatic nitrogens is 1. The SMILES string of the molecule is Cc1noc(C)c1CNC(=O)C1CN(Cc2ccccc2)CC1C(=O)O. The van der Waals surface area contributed by atoms with Crippen LogP contribution in [0.5, 0.6) is 0 Å². The standard InChI is InChI=1S/C19H23N3O4/c1-12-15(13(2)26-21-12)8-20-18(23)16-10-22(11-17(16)19(24)25)9-14-6-4-3-5-7-14/h3-7,16-17H,8-11H2,1-2H3,(H,20,23)(H,24,25). The van der Waals surface area contributed by atoms with Crippen LogP contribution in [0.3, 0.4) is 0 Å². The van der Waals surface area contributed by atoms with Crippen molar-refractivity contribution in [1.82, 2.24) is 15.4 Å². The number of nitrogens with zero attached hydrogens (tertiary/aromatic N) is 2. The predicted molar refractivity (Wildman–Crippen MR) is 94.2 cm³/mol. The Hall–Kier alpha value is -2.67. The van der Waals surface area contributed by atoms with Gasteiger partial charge in [0.25, 0.3) is 0 Å². The van der Waals surface area contributed by atoms with Gasteiger partial charge in [0.05, 0.1) is 17.5 Å². The van der Waals surface area contributed by atoms with Crippen molar-refractivity contribution in [1.29, 1.82) is 0 Å². The van der Waals surface area contributed by atoms with Crippen LogP contribution in [0.15, 0.2) is 34.9 Å². The monoisotopic (exact) mass is 357 g/mol. The zero-order valence-corrected chi connectivity index (χ0v) is 14.9. The quantitative estimate of drug-likeness (QED) is 0.818. The number of carboxylic acids is 1. The van der Waals surface area contributed by atoms with Crippen molar-refractivity contribution >= 4 is 11.9 Å². The van der Waals surface area contributed by atoms with E-state index < -0.39 is 17.8 Å². The second-order valence-electron chi connectivity index (χ2n) is 6.75. The summed E-state index contributed by atoms with van der Waals surface area (Å²) in [7, 11) is 0. The first kappa shape index (κ1) is 18.1. The molecule has 1 saturated heterocycles. The topological polar surface area (TPSA) is 95.7 Å². The molecule has 0 radical (unpaired) electrons. The first-order valence-corrected chi connectivity index (χ1v) is 8.64. The zero-order chi connectivity index (χ0) is 18.7. The number of likely N-dealkylation sites (tertiary alicyclic amines) is 1. The molecule has 3 rings (SSSR count). The molecule has 2 heterocycles. The number of carbonyl (C=O) groups excluding carboxylic acids is 1. The van der Waals surface area contributed by atoms with Crippen LogP contribution in [0.2, 0.25) is 0 Å². The third kappa shape index (κ3) is 3.94. The first-order valence-electron chi connectivity index (χ1n) is 8.64. The number of aryl methyl sites for hydroxylation is 2. The van der Waals surface area contributed by atoms with Gasteiger partial charge in [0.15, 0.2) is 0 Å². The van der Waals surface area contributed by atoms with Crippen LogP contribution in [0.1, 0.15) is 22.6 Å². The summed E-state index contributed by atoms with van der Waals surface area (Å²) < 4.78 is 5.09. The molecule has 1 amide bonds. The normalized spacial score (nSPS) is 20.2. The van der Waals surface area contributed by atoms with Crippen molar-refractivity contribution in [2.45, 2.75) is 26.9 Å². The van der Waals surface area contributed by atoms with Crippen LogP contribution < -0.4 is 5.32 Å². The van der Waals surface area contributed by atoms with E-state index in [9.17, 15) is 14.7 Å². The molecule has 0 bridgehead atoms. The Balaban J connectivity index is 1.64. The highest BCUT2D eigenvalue weighted by molar-refractivity contribution is 5.85. The maximum absolute atomic E-state index is 12.6. The van der Waals surface area contributed by atoms with E-state index >= 15 is 0 Å². The van der Waals surface area contributed by atoms with Gasteiger partial charge < -0.3 is 14.9 Å². The molecule has 7 heteroatoms. The minimum absolute atomic E-state index is 0.243. The molecule has 0 aliphatic carbocycles. The van der Waals surface area contributed by atoms with Crippen LogP contribution in [-0.2, 0) is 22.7 Å². The molecule has 138 valence electrons. The van der Waals surface area contributed by atoms with Gasteiger partial charge in [-0.15, -0.1) is 0 Å². The second kappa shape index (κ2) is 7.70. The van der Waals surface area contributed by atoms with E-state index in [1.807, 2.05) is 42.2 Å². The Morgan fingerprint density at radius 2 is 1.92 bits per heavy atom. The molecule has 2 aromatic rings. The lowest BCUT2D eigenvalue weighted by Gasteiger charge is -2.16. The average Bonchev–Trinajstić information content (AvgIpc) is 3.18. The molecule has 1 fully saturated rings. The molecule has 2 N–H and O–H groups in total. The highest BCUT2D eigenvalue weighted by atomic mass is 16.5. The van der Waals surface area contributed by atoms with Crippen molar-refractivity contribution in [3.8, 4) is 0 Å². The van der Waals surface area contributed by atoms with E-state index in [1.54, 1.807) is 6.92 Å². The zero-order valence-electron chi connectivity index (χ0n) is 14.9. The molecule has 0 spiro atoms. The largest absolute Gasteiger partial charge is 0.481 e. The van der Waals surface area contributed by atoms with Crippen molar-refractivity contribution in [2.24, 2.45) is 11.8 Å². The van der Waals surface area contributed by atoms with Crippen molar-refractivity contribution in [3.05, 3.63) is 52.9 Å².